The Bertz CT molecular complexity index is 1400. The van der Waals surface area contributed by atoms with Crippen LogP contribution in [0, 0.1) is 26.7 Å². The maximum Gasteiger partial charge on any atom is 0.264 e. The summed E-state index contributed by atoms with van der Waals surface area (Å²) in [4.78, 5) is 29.0. The number of nitrogens with zero attached hydrogens (tertiary/aromatic N) is 2. The second-order valence-corrected chi connectivity index (χ2v) is 12.5. The normalized spacial score (nSPS) is 12.2. The second kappa shape index (κ2) is 13.6. The number of benzene rings is 3. The lowest BCUT2D eigenvalue weighted by Crippen LogP contribution is -2.52. The van der Waals surface area contributed by atoms with Gasteiger partial charge in [-0.3, -0.25) is 13.9 Å². The van der Waals surface area contributed by atoms with Gasteiger partial charge in [-0.2, -0.15) is 0 Å². The highest BCUT2D eigenvalue weighted by molar-refractivity contribution is 7.92. The van der Waals surface area contributed by atoms with E-state index in [1.165, 1.54) is 9.21 Å². The average Bonchev–Trinajstić information content (AvgIpc) is 2.92. The molecule has 0 aliphatic carbocycles. The van der Waals surface area contributed by atoms with Gasteiger partial charge in [-0.25, -0.2) is 8.42 Å². The summed E-state index contributed by atoms with van der Waals surface area (Å²) < 4.78 is 29.3. The zero-order valence-corrected chi connectivity index (χ0v) is 25.2. The van der Waals surface area contributed by atoms with Gasteiger partial charge in [0.1, 0.15) is 12.6 Å². The predicted octanol–water partition coefficient (Wildman–Crippen LogP) is 5.39. The maximum atomic E-state index is 14.1. The lowest BCUT2D eigenvalue weighted by molar-refractivity contribution is -0.140. The number of aryl methyl sites for hydroxylation is 3. The summed E-state index contributed by atoms with van der Waals surface area (Å²) in [5.74, 6) is -0.452. The van der Waals surface area contributed by atoms with Gasteiger partial charge in [-0.1, -0.05) is 80.9 Å². The van der Waals surface area contributed by atoms with Gasteiger partial charge >= 0.3 is 0 Å². The third-order valence-corrected chi connectivity index (χ3v) is 8.56. The van der Waals surface area contributed by atoms with Crippen molar-refractivity contribution < 1.29 is 18.0 Å². The van der Waals surface area contributed by atoms with Gasteiger partial charge in [-0.15, -0.1) is 0 Å². The third-order valence-electron chi connectivity index (χ3n) is 6.79. The molecule has 214 valence electrons. The second-order valence-electron chi connectivity index (χ2n) is 10.7. The number of nitrogens with one attached hydrogen (secondary N) is 1. The Labute approximate surface area is 239 Å². The number of sulfonamides is 1. The van der Waals surface area contributed by atoms with Crippen LogP contribution >= 0.6 is 0 Å². The van der Waals surface area contributed by atoms with Gasteiger partial charge in [0.05, 0.1) is 10.6 Å². The molecule has 0 saturated carbocycles. The maximum absolute atomic E-state index is 14.1. The molecule has 1 atom stereocenters. The van der Waals surface area contributed by atoms with E-state index in [1.807, 2.05) is 84.0 Å². The summed E-state index contributed by atoms with van der Waals surface area (Å²) in [6, 6.07) is 20.8. The summed E-state index contributed by atoms with van der Waals surface area (Å²) in [6.07, 6.45) is 0.386. The highest BCUT2D eigenvalue weighted by Gasteiger charge is 2.34. The largest absolute Gasteiger partial charge is 0.354 e. The number of hydrogen-bond acceptors (Lipinski definition) is 4. The molecule has 7 nitrogen and oxygen atoms in total. The Hall–Kier alpha value is -3.65. The van der Waals surface area contributed by atoms with E-state index in [0.29, 0.717) is 18.7 Å². The van der Waals surface area contributed by atoms with Crippen molar-refractivity contribution >= 4 is 27.5 Å². The Morgan fingerprint density at radius 2 is 1.50 bits per heavy atom. The first-order valence-electron chi connectivity index (χ1n) is 13.7. The molecule has 40 heavy (non-hydrogen) atoms. The van der Waals surface area contributed by atoms with Crippen LogP contribution in [0.1, 0.15) is 49.4 Å². The third kappa shape index (κ3) is 7.72. The minimum atomic E-state index is -4.10. The molecule has 0 unspecified atom stereocenters. The molecule has 3 aromatic rings. The van der Waals surface area contributed by atoms with Gasteiger partial charge in [0.2, 0.25) is 11.8 Å². The summed E-state index contributed by atoms with van der Waals surface area (Å²) in [6.45, 7) is 11.7. The molecule has 0 radical (unpaired) electrons. The van der Waals surface area contributed by atoms with Crippen molar-refractivity contribution in [2.75, 3.05) is 17.4 Å². The van der Waals surface area contributed by atoms with Crippen molar-refractivity contribution in [3.05, 3.63) is 95.1 Å². The fourth-order valence-corrected chi connectivity index (χ4v) is 5.93. The van der Waals surface area contributed by atoms with E-state index in [-0.39, 0.29) is 23.3 Å². The van der Waals surface area contributed by atoms with Crippen molar-refractivity contribution in [3.8, 4) is 0 Å². The van der Waals surface area contributed by atoms with E-state index in [0.717, 1.165) is 22.3 Å². The summed E-state index contributed by atoms with van der Waals surface area (Å²) in [7, 11) is -4.10. The molecular formula is C32H41N3O4S. The summed E-state index contributed by atoms with van der Waals surface area (Å²) in [5, 5.41) is 2.95. The number of hydrogen-bond donors (Lipinski definition) is 1. The van der Waals surface area contributed by atoms with E-state index >= 15 is 0 Å². The highest BCUT2D eigenvalue weighted by Crippen LogP contribution is 2.29. The zero-order valence-electron chi connectivity index (χ0n) is 24.3. The van der Waals surface area contributed by atoms with Gasteiger partial charge in [0, 0.05) is 13.1 Å². The van der Waals surface area contributed by atoms with Gasteiger partial charge in [0.25, 0.3) is 10.0 Å². The molecule has 0 fully saturated rings. The molecule has 0 aliphatic heterocycles. The van der Waals surface area contributed by atoms with Crippen LogP contribution < -0.4 is 9.62 Å². The molecular weight excluding hydrogens is 522 g/mol. The van der Waals surface area contributed by atoms with E-state index in [2.05, 4.69) is 5.32 Å². The lowest BCUT2D eigenvalue weighted by atomic mass is 10.1. The standard InChI is InChI=1S/C32H41N3O4S/c1-7-29(32(37)33-20-23(2)3)34(21-27-11-9-8-10-12-27)31(36)22-35(30-19-25(5)13-16-26(30)6)40(38,39)28-17-14-24(4)15-18-28/h8-19,23,29H,7,20-22H2,1-6H3,(H,33,37)/t29-/m0/s1. The van der Waals surface area contributed by atoms with Crippen molar-refractivity contribution in [2.24, 2.45) is 5.92 Å². The molecule has 1 N–H and O–H groups in total. The Morgan fingerprint density at radius 1 is 0.875 bits per heavy atom. The first-order valence-corrected chi connectivity index (χ1v) is 15.2. The van der Waals surface area contributed by atoms with Crippen LogP contribution in [-0.4, -0.2) is 44.3 Å². The van der Waals surface area contributed by atoms with Crippen molar-refractivity contribution in [1.29, 1.82) is 0 Å². The van der Waals surface area contributed by atoms with Crippen molar-refractivity contribution in [3.63, 3.8) is 0 Å². The number of amides is 2. The van der Waals surface area contributed by atoms with Crippen LogP contribution in [0.25, 0.3) is 0 Å². The highest BCUT2D eigenvalue weighted by atomic mass is 32.2. The molecule has 0 bridgehead atoms. The fourth-order valence-electron chi connectivity index (χ4n) is 4.46. The molecule has 2 amide bonds. The van der Waals surface area contributed by atoms with E-state index < -0.39 is 28.5 Å². The molecule has 0 saturated heterocycles. The van der Waals surface area contributed by atoms with E-state index in [4.69, 9.17) is 0 Å². The molecule has 0 aromatic heterocycles. The van der Waals surface area contributed by atoms with Gasteiger partial charge < -0.3 is 10.2 Å². The number of carbonyl (C=O) groups is 2. The molecule has 0 aliphatic rings. The van der Waals surface area contributed by atoms with E-state index in [1.54, 1.807) is 30.3 Å². The van der Waals surface area contributed by atoms with Gasteiger partial charge in [0.15, 0.2) is 0 Å². The SMILES string of the molecule is CC[C@@H](C(=O)NCC(C)C)N(Cc1ccccc1)C(=O)CN(c1cc(C)ccc1C)S(=O)(=O)c1ccc(C)cc1. The molecule has 0 heterocycles. The van der Waals surface area contributed by atoms with Crippen molar-refractivity contribution in [2.45, 2.75) is 65.4 Å². The fraction of sp³-hybridized carbons (Fsp3) is 0.375. The summed E-state index contributed by atoms with van der Waals surface area (Å²) >= 11 is 0. The van der Waals surface area contributed by atoms with Crippen LogP contribution in [0.3, 0.4) is 0 Å². The quantitative estimate of drug-likeness (QED) is 0.320. The minimum absolute atomic E-state index is 0.100. The number of anilines is 1. The Balaban J connectivity index is 2.07. The first kappa shape index (κ1) is 30.9. The molecule has 8 heteroatoms. The summed E-state index contributed by atoms with van der Waals surface area (Å²) in [5.41, 5.74) is 3.82. The molecule has 0 spiro atoms. The predicted molar refractivity (Wildman–Crippen MR) is 161 cm³/mol. The lowest BCUT2D eigenvalue weighted by Gasteiger charge is -2.33. The van der Waals surface area contributed by atoms with Crippen LogP contribution in [0.15, 0.2) is 77.7 Å². The molecule has 3 aromatic carbocycles. The van der Waals surface area contributed by atoms with E-state index in [9.17, 15) is 18.0 Å². The number of carbonyl (C=O) groups excluding carboxylic acids is 2. The monoisotopic (exact) mass is 563 g/mol. The van der Waals surface area contributed by atoms with Crippen LogP contribution in [-0.2, 0) is 26.2 Å². The first-order chi connectivity index (χ1) is 18.9. The number of rotatable bonds is 12. The van der Waals surface area contributed by atoms with Gasteiger partial charge in [-0.05, 0) is 68.0 Å². The molecule has 3 rings (SSSR count). The average molecular weight is 564 g/mol. The van der Waals surface area contributed by atoms with Crippen LogP contribution in [0.2, 0.25) is 0 Å². The topological polar surface area (TPSA) is 86.8 Å². The van der Waals surface area contributed by atoms with Crippen LogP contribution in [0.5, 0.6) is 0 Å². The Kier molecular flexibility index (Phi) is 10.5. The van der Waals surface area contributed by atoms with Crippen LogP contribution in [0.4, 0.5) is 5.69 Å². The van der Waals surface area contributed by atoms with Crippen molar-refractivity contribution in [1.82, 2.24) is 10.2 Å². The Morgan fingerprint density at radius 3 is 2.10 bits per heavy atom. The minimum Gasteiger partial charge on any atom is -0.354 e. The smallest absolute Gasteiger partial charge is 0.264 e. The zero-order chi connectivity index (χ0) is 29.4.